The number of rotatable bonds is 4. The summed E-state index contributed by atoms with van der Waals surface area (Å²) in [6, 6.07) is 5.74. The molecule has 0 unspecified atom stereocenters. The Hall–Kier alpha value is -3.56. The lowest BCUT2D eigenvalue weighted by Crippen LogP contribution is -2.51. The van der Waals surface area contributed by atoms with Gasteiger partial charge in [0.2, 0.25) is 0 Å². The molecular formula is C21H23FN8O. The topological polar surface area (TPSA) is 92.1 Å². The zero-order chi connectivity index (χ0) is 21.5. The third kappa shape index (κ3) is 3.69. The molecule has 0 bridgehead atoms. The Kier molecular flexibility index (Phi) is 4.76. The van der Waals surface area contributed by atoms with E-state index >= 15 is 0 Å². The van der Waals surface area contributed by atoms with Crippen molar-refractivity contribution in [1.82, 2.24) is 29.9 Å². The molecule has 1 amide bonds. The Morgan fingerprint density at radius 1 is 1.26 bits per heavy atom. The van der Waals surface area contributed by atoms with Crippen LogP contribution in [0.25, 0.3) is 0 Å². The molecule has 1 saturated heterocycles. The number of aryl methyl sites for hydroxylation is 2. The highest BCUT2D eigenvalue weighted by Gasteiger charge is 2.32. The van der Waals surface area contributed by atoms with Gasteiger partial charge in [-0.05, 0) is 30.2 Å². The highest BCUT2D eigenvalue weighted by Crippen LogP contribution is 2.27. The summed E-state index contributed by atoms with van der Waals surface area (Å²) >= 11 is 0. The number of pyridine rings is 1. The number of carbonyl (C=O) groups excluding carboxylic acids is 1. The summed E-state index contributed by atoms with van der Waals surface area (Å²) in [6.45, 7) is 3.61. The SMILES string of the molecule is Cc1cc(C(=O)N2CC(F)C2)nnc1N1CCc2ncc(Nc3ccnn3C)cc2C1. The van der Waals surface area contributed by atoms with Gasteiger partial charge in [0.15, 0.2) is 11.5 Å². The number of hydrogen-bond acceptors (Lipinski definition) is 7. The number of nitrogens with one attached hydrogen (secondary N) is 1. The van der Waals surface area contributed by atoms with Crippen molar-refractivity contribution in [2.75, 3.05) is 29.9 Å². The standard InChI is InChI=1S/C21H23FN8O/c1-13-7-18(21(31)30-11-15(22)12-30)26-27-20(13)29-6-4-17-14(10-29)8-16(9-23-17)25-19-3-5-24-28(19)2/h3,5,7-9,15,25H,4,6,10-12H2,1-2H3. The van der Waals surface area contributed by atoms with Crippen molar-refractivity contribution < 1.29 is 9.18 Å². The summed E-state index contributed by atoms with van der Waals surface area (Å²) in [5.41, 5.74) is 4.22. The summed E-state index contributed by atoms with van der Waals surface area (Å²) in [6.07, 6.45) is 3.44. The van der Waals surface area contributed by atoms with Crippen LogP contribution in [0.2, 0.25) is 0 Å². The zero-order valence-electron chi connectivity index (χ0n) is 17.4. The van der Waals surface area contributed by atoms with Crippen molar-refractivity contribution >= 4 is 23.2 Å². The molecule has 1 fully saturated rings. The minimum Gasteiger partial charge on any atom is -0.350 e. The van der Waals surface area contributed by atoms with Crippen LogP contribution >= 0.6 is 0 Å². The fourth-order valence-electron chi connectivity index (χ4n) is 3.97. The Morgan fingerprint density at radius 2 is 2.10 bits per heavy atom. The number of carbonyl (C=O) groups is 1. The molecule has 2 aliphatic heterocycles. The molecule has 0 spiro atoms. The predicted octanol–water partition coefficient (Wildman–Crippen LogP) is 2.01. The van der Waals surface area contributed by atoms with Crippen LogP contribution in [-0.2, 0) is 20.0 Å². The van der Waals surface area contributed by atoms with Crippen molar-refractivity contribution in [3.8, 4) is 0 Å². The smallest absolute Gasteiger partial charge is 0.274 e. The molecule has 5 heterocycles. The maximum atomic E-state index is 13.1. The molecule has 0 radical (unpaired) electrons. The Balaban J connectivity index is 1.33. The van der Waals surface area contributed by atoms with Crippen molar-refractivity contribution in [2.24, 2.45) is 7.05 Å². The fraction of sp³-hybridized carbons (Fsp3) is 0.381. The van der Waals surface area contributed by atoms with E-state index in [2.05, 4.69) is 36.6 Å². The third-order valence-corrected chi connectivity index (χ3v) is 5.73. The summed E-state index contributed by atoms with van der Waals surface area (Å²) in [7, 11) is 1.88. The van der Waals surface area contributed by atoms with E-state index in [0.29, 0.717) is 6.54 Å². The molecule has 3 aromatic heterocycles. The highest BCUT2D eigenvalue weighted by molar-refractivity contribution is 5.93. The molecule has 0 aliphatic carbocycles. The second-order valence-corrected chi connectivity index (χ2v) is 8.01. The summed E-state index contributed by atoms with van der Waals surface area (Å²) in [5, 5.41) is 16.0. The average Bonchev–Trinajstić information content (AvgIpc) is 3.14. The van der Waals surface area contributed by atoms with Gasteiger partial charge in [-0.3, -0.25) is 14.5 Å². The zero-order valence-corrected chi connectivity index (χ0v) is 17.4. The van der Waals surface area contributed by atoms with Gasteiger partial charge in [-0.2, -0.15) is 5.10 Å². The number of aromatic nitrogens is 5. The van der Waals surface area contributed by atoms with Crippen LogP contribution in [0, 0.1) is 6.92 Å². The molecular weight excluding hydrogens is 399 g/mol. The monoisotopic (exact) mass is 422 g/mol. The Bertz CT molecular complexity index is 1140. The van der Waals surface area contributed by atoms with Crippen LogP contribution in [0.4, 0.5) is 21.7 Å². The van der Waals surface area contributed by atoms with Gasteiger partial charge in [0.1, 0.15) is 12.0 Å². The first-order valence-electron chi connectivity index (χ1n) is 10.2. The molecule has 31 heavy (non-hydrogen) atoms. The average molecular weight is 422 g/mol. The molecule has 9 nitrogen and oxygen atoms in total. The number of nitrogens with zero attached hydrogens (tertiary/aromatic N) is 7. The number of anilines is 3. The molecule has 1 N–H and O–H groups in total. The lowest BCUT2D eigenvalue weighted by Gasteiger charge is -2.34. The summed E-state index contributed by atoms with van der Waals surface area (Å²) in [4.78, 5) is 20.6. The van der Waals surface area contributed by atoms with Crippen molar-refractivity contribution in [2.45, 2.75) is 26.1 Å². The fourth-order valence-corrected chi connectivity index (χ4v) is 3.97. The van der Waals surface area contributed by atoms with E-state index in [-0.39, 0.29) is 24.7 Å². The van der Waals surface area contributed by atoms with Crippen molar-refractivity contribution in [3.63, 3.8) is 0 Å². The van der Waals surface area contributed by atoms with E-state index in [1.807, 2.05) is 26.2 Å². The second-order valence-electron chi connectivity index (χ2n) is 8.01. The minimum absolute atomic E-state index is 0.131. The number of likely N-dealkylation sites (tertiary alicyclic amines) is 1. The van der Waals surface area contributed by atoms with Gasteiger partial charge >= 0.3 is 0 Å². The number of fused-ring (bicyclic) bond motifs is 1. The molecule has 0 aromatic carbocycles. The van der Waals surface area contributed by atoms with Crippen LogP contribution < -0.4 is 10.2 Å². The van der Waals surface area contributed by atoms with E-state index in [1.165, 1.54) is 4.90 Å². The lowest BCUT2D eigenvalue weighted by molar-refractivity contribution is 0.0393. The molecule has 3 aromatic rings. The predicted molar refractivity (Wildman–Crippen MR) is 113 cm³/mol. The van der Waals surface area contributed by atoms with E-state index in [4.69, 9.17) is 0 Å². The molecule has 5 rings (SSSR count). The molecule has 0 saturated carbocycles. The maximum absolute atomic E-state index is 13.1. The van der Waals surface area contributed by atoms with E-state index in [1.54, 1.807) is 16.9 Å². The van der Waals surface area contributed by atoms with Crippen LogP contribution in [0.5, 0.6) is 0 Å². The first kappa shape index (κ1) is 19.4. The van der Waals surface area contributed by atoms with Gasteiger partial charge in [-0.15, -0.1) is 10.2 Å². The number of amides is 1. The Morgan fingerprint density at radius 3 is 2.81 bits per heavy atom. The van der Waals surface area contributed by atoms with Gasteiger partial charge in [-0.1, -0.05) is 0 Å². The second kappa shape index (κ2) is 7.60. The van der Waals surface area contributed by atoms with E-state index in [0.717, 1.165) is 47.1 Å². The number of alkyl halides is 1. The summed E-state index contributed by atoms with van der Waals surface area (Å²) < 4.78 is 14.8. The van der Waals surface area contributed by atoms with Gasteiger partial charge in [0, 0.05) is 38.3 Å². The van der Waals surface area contributed by atoms with Crippen LogP contribution in [-0.4, -0.2) is 61.6 Å². The molecule has 10 heteroatoms. The third-order valence-electron chi connectivity index (χ3n) is 5.73. The summed E-state index contributed by atoms with van der Waals surface area (Å²) in [5.74, 6) is 1.37. The van der Waals surface area contributed by atoms with Crippen LogP contribution in [0.1, 0.15) is 27.3 Å². The Labute approximate surface area is 178 Å². The van der Waals surface area contributed by atoms with Crippen molar-refractivity contribution in [3.05, 3.63) is 53.1 Å². The van der Waals surface area contributed by atoms with Gasteiger partial charge in [-0.25, -0.2) is 4.39 Å². The van der Waals surface area contributed by atoms with Crippen LogP contribution in [0.3, 0.4) is 0 Å². The van der Waals surface area contributed by atoms with Gasteiger partial charge < -0.3 is 15.1 Å². The van der Waals surface area contributed by atoms with E-state index < -0.39 is 6.17 Å². The largest absolute Gasteiger partial charge is 0.350 e. The lowest BCUT2D eigenvalue weighted by atomic mass is 10.0. The van der Waals surface area contributed by atoms with Crippen LogP contribution in [0.15, 0.2) is 30.6 Å². The molecule has 160 valence electrons. The van der Waals surface area contributed by atoms with Gasteiger partial charge in [0.05, 0.1) is 31.2 Å². The number of halogens is 1. The van der Waals surface area contributed by atoms with Gasteiger partial charge in [0.25, 0.3) is 5.91 Å². The van der Waals surface area contributed by atoms with Crippen molar-refractivity contribution in [1.29, 1.82) is 0 Å². The number of hydrogen-bond donors (Lipinski definition) is 1. The first-order valence-corrected chi connectivity index (χ1v) is 10.2. The quantitative estimate of drug-likeness (QED) is 0.688. The molecule has 2 aliphatic rings. The van der Waals surface area contributed by atoms with E-state index in [9.17, 15) is 9.18 Å². The molecule has 0 atom stereocenters. The minimum atomic E-state index is -0.934. The first-order chi connectivity index (χ1) is 15.0. The normalized spacial score (nSPS) is 16.1. The highest BCUT2D eigenvalue weighted by atomic mass is 19.1. The maximum Gasteiger partial charge on any atom is 0.274 e.